The predicted octanol–water partition coefficient (Wildman–Crippen LogP) is 2.78. The van der Waals surface area contributed by atoms with E-state index in [0.717, 1.165) is 37.9 Å². The number of rotatable bonds is 5. The highest BCUT2D eigenvalue weighted by Gasteiger charge is 2.28. The lowest BCUT2D eigenvalue weighted by atomic mass is 9.85. The minimum Gasteiger partial charge on any atom is -0.389 e. The molecule has 0 spiro atoms. The van der Waals surface area contributed by atoms with Gasteiger partial charge in [0.15, 0.2) is 0 Å². The summed E-state index contributed by atoms with van der Waals surface area (Å²) in [6.07, 6.45) is 12.8. The molecular weight excluding hydrogens is 250 g/mol. The molecule has 0 bridgehead atoms. The summed E-state index contributed by atoms with van der Waals surface area (Å²) >= 11 is 0. The van der Waals surface area contributed by atoms with E-state index in [4.69, 9.17) is 0 Å². The Morgan fingerprint density at radius 2 is 1.95 bits per heavy atom. The fourth-order valence-corrected chi connectivity index (χ4v) is 3.65. The monoisotopic (exact) mass is 277 g/mol. The van der Waals surface area contributed by atoms with Crippen LogP contribution in [0.4, 0.5) is 0 Å². The van der Waals surface area contributed by atoms with Crippen molar-refractivity contribution < 1.29 is 5.11 Å². The quantitative estimate of drug-likeness (QED) is 0.870. The van der Waals surface area contributed by atoms with Crippen molar-refractivity contribution in [3.63, 3.8) is 0 Å². The lowest BCUT2D eigenvalue weighted by Crippen LogP contribution is -2.41. The maximum Gasteiger partial charge on any atom is 0.0771 e. The predicted molar refractivity (Wildman–Crippen MR) is 79.5 cm³/mol. The molecular formula is C16H27N3O. The average Bonchev–Trinajstić information content (AvgIpc) is 3.09. The molecule has 20 heavy (non-hydrogen) atoms. The van der Waals surface area contributed by atoms with Gasteiger partial charge in [-0.25, -0.2) is 0 Å². The second-order valence-corrected chi connectivity index (χ2v) is 6.61. The molecule has 0 atom stereocenters. The van der Waals surface area contributed by atoms with Gasteiger partial charge in [-0.2, -0.15) is 5.10 Å². The molecule has 2 N–H and O–H groups in total. The highest BCUT2D eigenvalue weighted by atomic mass is 16.3. The van der Waals surface area contributed by atoms with Crippen LogP contribution in [0.5, 0.6) is 0 Å². The first-order valence-corrected chi connectivity index (χ1v) is 8.22. The van der Waals surface area contributed by atoms with Crippen LogP contribution in [0.2, 0.25) is 0 Å². The highest BCUT2D eigenvalue weighted by molar-refractivity contribution is 5.00. The van der Waals surface area contributed by atoms with E-state index in [0.29, 0.717) is 12.6 Å². The lowest BCUT2D eigenvalue weighted by Gasteiger charge is -2.32. The van der Waals surface area contributed by atoms with Crippen LogP contribution in [0.25, 0.3) is 0 Å². The lowest BCUT2D eigenvalue weighted by molar-refractivity contribution is 0.00461. The van der Waals surface area contributed by atoms with Gasteiger partial charge in [0.25, 0.3) is 0 Å². The van der Waals surface area contributed by atoms with E-state index in [-0.39, 0.29) is 0 Å². The molecule has 2 aliphatic rings. The summed E-state index contributed by atoms with van der Waals surface area (Å²) in [7, 11) is 0. The SMILES string of the molecule is OC1(CNCc2ccn(C3CCCC3)n2)CCCCC1. The standard InChI is InChI=1S/C16H27N3O/c20-16(9-4-1-5-10-16)13-17-12-14-8-11-19(18-14)15-6-2-3-7-15/h8,11,15,17,20H,1-7,9-10,12-13H2. The van der Waals surface area contributed by atoms with Crippen LogP contribution in [-0.2, 0) is 6.54 Å². The third kappa shape index (κ3) is 3.41. The van der Waals surface area contributed by atoms with E-state index < -0.39 is 5.60 Å². The molecule has 2 fully saturated rings. The van der Waals surface area contributed by atoms with Crippen molar-refractivity contribution in [2.45, 2.75) is 76.0 Å². The first kappa shape index (κ1) is 14.1. The van der Waals surface area contributed by atoms with Gasteiger partial charge in [-0.1, -0.05) is 32.1 Å². The molecule has 1 aromatic heterocycles. The Hall–Kier alpha value is -0.870. The molecule has 0 unspecified atom stereocenters. The Balaban J connectivity index is 1.46. The molecule has 4 heteroatoms. The van der Waals surface area contributed by atoms with Gasteiger partial charge in [0.1, 0.15) is 0 Å². The van der Waals surface area contributed by atoms with Crippen LogP contribution >= 0.6 is 0 Å². The molecule has 1 heterocycles. The smallest absolute Gasteiger partial charge is 0.0771 e. The first-order chi connectivity index (χ1) is 9.75. The Kier molecular flexibility index (Phi) is 4.41. The Bertz CT molecular complexity index is 417. The van der Waals surface area contributed by atoms with Gasteiger partial charge in [-0.15, -0.1) is 0 Å². The molecule has 1 aromatic rings. The van der Waals surface area contributed by atoms with Crippen molar-refractivity contribution in [3.05, 3.63) is 18.0 Å². The molecule has 0 saturated heterocycles. The summed E-state index contributed by atoms with van der Waals surface area (Å²) in [5.74, 6) is 0. The van der Waals surface area contributed by atoms with Gasteiger partial charge in [0.2, 0.25) is 0 Å². The Morgan fingerprint density at radius 1 is 1.20 bits per heavy atom. The minimum atomic E-state index is -0.480. The maximum absolute atomic E-state index is 10.4. The number of hydrogen-bond acceptors (Lipinski definition) is 3. The van der Waals surface area contributed by atoms with Crippen molar-refractivity contribution in [1.82, 2.24) is 15.1 Å². The van der Waals surface area contributed by atoms with E-state index in [1.54, 1.807) is 0 Å². The van der Waals surface area contributed by atoms with Crippen molar-refractivity contribution >= 4 is 0 Å². The van der Waals surface area contributed by atoms with Crippen molar-refractivity contribution in [2.75, 3.05) is 6.54 Å². The van der Waals surface area contributed by atoms with Gasteiger partial charge < -0.3 is 10.4 Å². The summed E-state index contributed by atoms with van der Waals surface area (Å²) in [4.78, 5) is 0. The number of nitrogens with one attached hydrogen (secondary N) is 1. The molecule has 3 rings (SSSR count). The van der Waals surface area contributed by atoms with Crippen LogP contribution in [0, 0.1) is 0 Å². The van der Waals surface area contributed by atoms with E-state index in [2.05, 4.69) is 27.4 Å². The van der Waals surface area contributed by atoms with Crippen LogP contribution in [0.3, 0.4) is 0 Å². The van der Waals surface area contributed by atoms with E-state index >= 15 is 0 Å². The zero-order valence-electron chi connectivity index (χ0n) is 12.4. The largest absolute Gasteiger partial charge is 0.389 e. The normalized spacial score (nSPS) is 23.2. The summed E-state index contributed by atoms with van der Waals surface area (Å²) < 4.78 is 2.14. The maximum atomic E-state index is 10.4. The molecule has 0 amide bonds. The van der Waals surface area contributed by atoms with Gasteiger partial charge in [0.05, 0.1) is 17.3 Å². The number of hydrogen-bond donors (Lipinski definition) is 2. The topological polar surface area (TPSA) is 50.1 Å². The molecule has 2 aliphatic carbocycles. The Morgan fingerprint density at radius 3 is 2.70 bits per heavy atom. The summed E-state index contributed by atoms with van der Waals surface area (Å²) in [5, 5.41) is 18.5. The van der Waals surface area contributed by atoms with E-state index in [9.17, 15) is 5.11 Å². The summed E-state index contributed by atoms with van der Waals surface area (Å²) in [6.45, 7) is 1.46. The molecule has 0 radical (unpaired) electrons. The van der Waals surface area contributed by atoms with Crippen molar-refractivity contribution in [3.8, 4) is 0 Å². The summed E-state index contributed by atoms with van der Waals surface area (Å²) in [5.41, 5.74) is 0.614. The zero-order valence-corrected chi connectivity index (χ0v) is 12.4. The fourth-order valence-electron chi connectivity index (χ4n) is 3.65. The van der Waals surface area contributed by atoms with Crippen LogP contribution in [0.15, 0.2) is 12.3 Å². The number of nitrogens with zero attached hydrogens (tertiary/aromatic N) is 2. The van der Waals surface area contributed by atoms with Gasteiger partial charge in [-0.05, 0) is 31.7 Å². The van der Waals surface area contributed by atoms with E-state index in [1.807, 2.05) is 0 Å². The van der Waals surface area contributed by atoms with Crippen LogP contribution in [-0.4, -0.2) is 27.0 Å². The second kappa shape index (κ2) is 6.27. The molecule has 0 aliphatic heterocycles. The third-order valence-electron chi connectivity index (χ3n) is 4.91. The third-order valence-corrected chi connectivity index (χ3v) is 4.91. The second-order valence-electron chi connectivity index (χ2n) is 6.61. The van der Waals surface area contributed by atoms with Gasteiger partial charge in [-0.3, -0.25) is 4.68 Å². The fraction of sp³-hybridized carbons (Fsp3) is 0.812. The summed E-state index contributed by atoms with van der Waals surface area (Å²) in [6, 6.07) is 2.72. The van der Waals surface area contributed by atoms with E-state index in [1.165, 1.54) is 32.1 Å². The average molecular weight is 277 g/mol. The Labute approximate surface area is 121 Å². The molecule has 4 nitrogen and oxygen atoms in total. The van der Waals surface area contributed by atoms with Gasteiger partial charge in [0, 0.05) is 19.3 Å². The van der Waals surface area contributed by atoms with Crippen molar-refractivity contribution in [2.24, 2.45) is 0 Å². The molecule has 112 valence electrons. The van der Waals surface area contributed by atoms with Gasteiger partial charge >= 0.3 is 0 Å². The van der Waals surface area contributed by atoms with Crippen molar-refractivity contribution in [1.29, 1.82) is 0 Å². The zero-order chi connectivity index (χ0) is 13.8. The van der Waals surface area contributed by atoms with Crippen LogP contribution < -0.4 is 5.32 Å². The minimum absolute atomic E-state index is 0.480. The first-order valence-electron chi connectivity index (χ1n) is 8.22. The molecule has 0 aromatic carbocycles. The molecule has 2 saturated carbocycles. The van der Waals surface area contributed by atoms with Crippen LogP contribution in [0.1, 0.15) is 69.5 Å². The number of aliphatic hydroxyl groups is 1. The number of aromatic nitrogens is 2. The highest BCUT2D eigenvalue weighted by Crippen LogP contribution is 2.29.